The molecule has 1 rings (SSSR count). The number of carbonyl (C=O) groups is 2. The number of hydrogen-bond donors (Lipinski definition) is 1. The van der Waals surface area contributed by atoms with Crippen LogP contribution in [0.1, 0.15) is 26.7 Å². The van der Waals surface area contributed by atoms with Crippen molar-refractivity contribution in [3.05, 3.63) is 0 Å². The van der Waals surface area contributed by atoms with Crippen LogP contribution in [-0.4, -0.2) is 53.5 Å². The van der Waals surface area contributed by atoms with Crippen LogP contribution in [0.25, 0.3) is 0 Å². The van der Waals surface area contributed by atoms with Crippen LogP contribution in [0.15, 0.2) is 0 Å². The van der Waals surface area contributed by atoms with E-state index in [1.165, 1.54) is 0 Å². The first kappa shape index (κ1) is 15.3. The van der Waals surface area contributed by atoms with E-state index in [-0.39, 0.29) is 17.9 Å². The van der Waals surface area contributed by atoms with Gasteiger partial charge in [0.1, 0.15) is 6.04 Å². The molecule has 0 radical (unpaired) electrons. The summed E-state index contributed by atoms with van der Waals surface area (Å²) in [5.41, 5.74) is 5.65. The van der Waals surface area contributed by atoms with Gasteiger partial charge in [0, 0.05) is 30.5 Å². The van der Waals surface area contributed by atoms with Crippen LogP contribution < -0.4 is 5.73 Å². The summed E-state index contributed by atoms with van der Waals surface area (Å²) in [5, 5.41) is 0. The van der Waals surface area contributed by atoms with Crippen molar-refractivity contribution in [2.24, 2.45) is 5.73 Å². The highest BCUT2D eigenvalue weighted by molar-refractivity contribution is 7.99. The Morgan fingerprint density at radius 3 is 2.89 bits per heavy atom. The van der Waals surface area contributed by atoms with Crippen LogP contribution in [0.2, 0.25) is 0 Å². The van der Waals surface area contributed by atoms with Crippen molar-refractivity contribution in [1.82, 2.24) is 4.90 Å². The van der Waals surface area contributed by atoms with E-state index in [9.17, 15) is 9.59 Å². The Morgan fingerprint density at radius 1 is 1.56 bits per heavy atom. The molecule has 0 spiro atoms. The summed E-state index contributed by atoms with van der Waals surface area (Å²) in [6.45, 7) is 4.62. The Hall–Kier alpha value is -0.750. The van der Waals surface area contributed by atoms with Gasteiger partial charge >= 0.3 is 5.97 Å². The normalized spacial score (nSPS) is 21.5. The lowest BCUT2D eigenvalue weighted by atomic mass is 10.1. The lowest BCUT2D eigenvalue weighted by molar-refractivity contribution is -0.153. The summed E-state index contributed by atoms with van der Waals surface area (Å²) < 4.78 is 5.02. The van der Waals surface area contributed by atoms with E-state index in [4.69, 9.17) is 10.5 Å². The molecular formula is C12H22N2O3S. The Bertz CT molecular complexity index is 297. The molecule has 18 heavy (non-hydrogen) atoms. The lowest BCUT2D eigenvalue weighted by Gasteiger charge is -2.33. The highest BCUT2D eigenvalue weighted by Crippen LogP contribution is 2.19. The number of nitrogens with zero attached hydrogens (tertiary/aromatic N) is 1. The van der Waals surface area contributed by atoms with Crippen LogP contribution >= 0.6 is 11.8 Å². The fraction of sp³-hybridized carbons (Fsp3) is 0.833. The molecule has 2 atom stereocenters. The van der Waals surface area contributed by atoms with Crippen molar-refractivity contribution in [2.45, 2.75) is 38.8 Å². The molecule has 1 saturated heterocycles. The first-order chi connectivity index (χ1) is 8.56. The minimum absolute atomic E-state index is 0.00523. The molecule has 1 amide bonds. The molecule has 6 heteroatoms. The molecule has 2 N–H and O–H groups in total. The van der Waals surface area contributed by atoms with Gasteiger partial charge in [-0.05, 0) is 20.3 Å². The molecule has 1 aliphatic heterocycles. The van der Waals surface area contributed by atoms with Crippen molar-refractivity contribution in [2.75, 3.05) is 24.7 Å². The zero-order chi connectivity index (χ0) is 13.5. The average molecular weight is 274 g/mol. The van der Waals surface area contributed by atoms with Crippen LogP contribution in [0.4, 0.5) is 0 Å². The Labute approximate surface area is 112 Å². The standard InChI is InChI=1S/C12H22N2O3S/c1-3-17-12(16)10-8-18-7-6-14(10)11(15)5-4-9(2)13/h9-10H,3-8,13H2,1-2H3. The van der Waals surface area contributed by atoms with Gasteiger partial charge in [0.2, 0.25) is 5.91 Å². The molecule has 5 nitrogen and oxygen atoms in total. The first-order valence-electron chi connectivity index (χ1n) is 6.35. The third-order valence-corrected chi connectivity index (χ3v) is 3.84. The van der Waals surface area contributed by atoms with E-state index >= 15 is 0 Å². The smallest absolute Gasteiger partial charge is 0.329 e. The van der Waals surface area contributed by atoms with E-state index in [2.05, 4.69) is 0 Å². The molecule has 0 aromatic heterocycles. The van der Waals surface area contributed by atoms with Gasteiger partial charge in [-0.2, -0.15) is 11.8 Å². The van der Waals surface area contributed by atoms with Gasteiger partial charge in [-0.15, -0.1) is 0 Å². The van der Waals surface area contributed by atoms with E-state index in [0.29, 0.717) is 31.7 Å². The second kappa shape index (κ2) is 7.63. The van der Waals surface area contributed by atoms with Crippen molar-refractivity contribution in [3.63, 3.8) is 0 Å². The van der Waals surface area contributed by atoms with Crippen LogP contribution in [-0.2, 0) is 14.3 Å². The van der Waals surface area contributed by atoms with Crippen molar-refractivity contribution in [1.29, 1.82) is 0 Å². The number of hydrogen-bond acceptors (Lipinski definition) is 5. The Kier molecular flexibility index (Phi) is 6.49. The van der Waals surface area contributed by atoms with Gasteiger partial charge in [-0.1, -0.05) is 0 Å². The van der Waals surface area contributed by atoms with Crippen LogP contribution in [0.5, 0.6) is 0 Å². The second-order valence-corrected chi connectivity index (χ2v) is 5.60. The fourth-order valence-electron chi connectivity index (χ4n) is 1.83. The molecule has 1 aliphatic rings. The lowest BCUT2D eigenvalue weighted by Crippen LogP contribution is -2.51. The van der Waals surface area contributed by atoms with Crippen LogP contribution in [0.3, 0.4) is 0 Å². The highest BCUT2D eigenvalue weighted by atomic mass is 32.2. The number of carbonyl (C=O) groups excluding carboxylic acids is 2. The second-order valence-electron chi connectivity index (χ2n) is 4.45. The number of nitrogens with two attached hydrogens (primary N) is 1. The maximum atomic E-state index is 12.1. The van der Waals surface area contributed by atoms with Gasteiger partial charge in [-0.25, -0.2) is 4.79 Å². The van der Waals surface area contributed by atoms with Gasteiger partial charge in [-0.3, -0.25) is 4.79 Å². The van der Waals surface area contributed by atoms with E-state index < -0.39 is 6.04 Å². The third-order valence-electron chi connectivity index (χ3n) is 2.82. The van der Waals surface area contributed by atoms with Gasteiger partial charge in [0.25, 0.3) is 0 Å². The van der Waals surface area contributed by atoms with E-state index in [0.717, 1.165) is 5.75 Å². The summed E-state index contributed by atoms with van der Waals surface area (Å²) in [5.74, 6) is 1.22. The topological polar surface area (TPSA) is 72.6 Å². The Morgan fingerprint density at radius 2 is 2.28 bits per heavy atom. The molecule has 0 aromatic rings. The average Bonchev–Trinajstić information content (AvgIpc) is 2.36. The molecule has 104 valence electrons. The predicted molar refractivity (Wildman–Crippen MR) is 72.3 cm³/mol. The maximum Gasteiger partial charge on any atom is 0.329 e. The van der Waals surface area contributed by atoms with Crippen LogP contribution in [0, 0.1) is 0 Å². The molecular weight excluding hydrogens is 252 g/mol. The summed E-state index contributed by atoms with van der Waals surface area (Å²) in [7, 11) is 0. The molecule has 1 fully saturated rings. The third kappa shape index (κ3) is 4.49. The monoisotopic (exact) mass is 274 g/mol. The zero-order valence-electron chi connectivity index (χ0n) is 11.1. The number of esters is 1. The van der Waals surface area contributed by atoms with Crippen molar-refractivity contribution in [3.8, 4) is 0 Å². The largest absolute Gasteiger partial charge is 0.464 e. The highest BCUT2D eigenvalue weighted by Gasteiger charge is 2.33. The Balaban J connectivity index is 2.58. The minimum atomic E-state index is -0.427. The molecule has 0 saturated carbocycles. The number of ether oxygens (including phenoxy) is 1. The SMILES string of the molecule is CCOC(=O)C1CSCCN1C(=O)CCC(C)N. The van der Waals surface area contributed by atoms with Gasteiger partial charge in [0.15, 0.2) is 0 Å². The summed E-state index contributed by atoms with van der Waals surface area (Å²) in [6, 6.07) is -0.418. The molecule has 2 unspecified atom stereocenters. The predicted octanol–water partition coefficient (Wildman–Crippen LogP) is 0.621. The van der Waals surface area contributed by atoms with Gasteiger partial charge in [0.05, 0.1) is 6.61 Å². The molecule has 1 heterocycles. The maximum absolute atomic E-state index is 12.1. The van der Waals surface area contributed by atoms with Gasteiger partial charge < -0.3 is 15.4 Å². The van der Waals surface area contributed by atoms with Crippen molar-refractivity contribution < 1.29 is 14.3 Å². The fourth-order valence-corrected chi connectivity index (χ4v) is 2.86. The van der Waals surface area contributed by atoms with E-state index in [1.807, 2.05) is 6.92 Å². The van der Waals surface area contributed by atoms with Crippen molar-refractivity contribution >= 4 is 23.6 Å². The summed E-state index contributed by atoms with van der Waals surface area (Å²) in [4.78, 5) is 25.5. The molecule has 0 aliphatic carbocycles. The quantitative estimate of drug-likeness (QED) is 0.744. The molecule has 0 bridgehead atoms. The van der Waals surface area contributed by atoms with E-state index in [1.54, 1.807) is 23.6 Å². The molecule has 0 aromatic carbocycles. The zero-order valence-corrected chi connectivity index (χ0v) is 11.9. The first-order valence-corrected chi connectivity index (χ1v) is 7.51. The summed E-state index contributed by atoms with van der Waals surface area (Å²) in [6.07, 6.45) is 1.05. The summed E-state index contributed by atoms with van der Waals surface area (Å²) >= 11 is 1.68. The minimum Gasteiger partial charge on any atom is -0.464 e. The number of thioether (sulfide) groups is 1. The number of amides is 1. The number of rotatable bonds is 5.